The van der Waals surface area contributed by atoms with Crippen LogP contribution in [0.2, 0.25) is 0 Å². The number of fused-ring (bicyclic) bond motifs is 1. The first-order valence-corrected chi connectivity index (χ1v) is 12.5. The van der Waals surface area contributed by atoms with Crippen LogP contribution in [0.15, 0.2) is 84.0 Å². The van der Waals surface area contributed by atoms with E-state index >= 15 is 0 Å². The molecule has 0 saturated carbocycles. The molecule has 2 heterocycles. The van der Waals surface area contributed by atoms with Gasteiger partial charge < -0.3 is 10.1 Å². The summed E-state index contributed by atoms with van der Waals surface area (Å²) in [5.41, 5.74) is 3.83. The van der Waals surface area contributed by atoms with Gasteiger partial charge in [-0.2, -0.15) is 0 Å². The van der Waals surface area contributed by atoms with Gasteiger partial charge in [0.2, 0.25) is 10.0 Å². The monoisotopic (exact) mass is 476 g/mol. The van der Waals surface area contributed by atoms with Gasteiger partial charge in [-0.05, 0) is 73.5 Å². The molecule has 8 nitrogen and oxygen atoms in total. The van der Waals surface area contributed by atoms with Gasteiger partial charge in [-0.3, -0.25) is 9.36 Å². The van der Waals surface area contributed by atoms with Crippen molar-refractivity contribution in [3.05, 3.63) is 84.7 Å². The third-order valence-corrected chi connectivity index (χ3v) is 7.25. The number of carbonyl (C=O) groups excluding carboxylic acids is 1. The van der Waals surface area contributed by atoms with E-state index in [1.165, 1.54) is 24.3 Å². The van der Waals surface area contributed by atoms with E-state index in [2.05, 4.69) is 15.0 Å². The van der Waals surface area contributed by atoms with Gasteiger partial charge >= 0.3 is 0 Å². The number of aromatic nitrogens is 2. The summed E-state index contributed by atoms with van der Waals surface area (Å²) in [5.74, 6) is -0.322. The molecule has 9 heteroatoms. The number of carbonyl (C=O) groups is 1. The average molecular weight is 477 g/mol. The Kier molecular flexibility index (Phi) is 6.14. The molecule has 0 radical (unpaired) electrons. The summed E-state index contributed by atoms with van der Waals surface area (Å²) in [6, 6.07) is 21.2. The fraction of sp³-hybridized carbons (Fsp3) is 0.200. The number of hydrogen-bond donors (Lipinski definition) is 2. The zero-order chi connectivity index (χ0) is 23.5. The van der Waals surface area contributed by atoms with Crippen molar-refractivity contribution in [2.75, 3.05) is 18.5 Å². The summed E-state index contributed by atoms with van der Waals surface area (Å²) in [6.07, 6.45) is 3.48. The van der Waals surface area contributed by atoms with Crippen molar-refractivity contribution < 1.29 is 17.9 Å². The highest BCUT2D eigenvalue weighted by molar-refractivity contribution is 7.89. The Bertz CT molecular complexity index is 1410. The molecule has 1 aromatic heterocycles. The Morgan fingerprint density at radius 1 is 1.03 bits per heavy atom. The number of nitrogens with one attached hydrogen (secondary N) is 2. The van der Waals surface area contributed by atoms with E-state index in [0.717, 1.165) is 29.6 Å². The Morgan fingerprint density at radius 2 is 1.79 bits per heavy atom. The third-order valence-electron chi connectivity index (χ3n) is 5.81. The number of amides is 1. The molecule has 1 amide bonds. The van der Waals surface area contributed by atoms with Gasteiger partial charge in [0, 0.05) is 30.1 Å². The highest BCUT2D eigenvalue weighted by Crippen LogP contribution is 2.20. The first-order valence-electron chi connectivity index (χ1n) is 11.0. The number of benzene rings is 3. The normalized spacial score (nSPS) is 16.1. The van der Waals surface area contributed by atoms with Gasteiger partial charge in [0.05, 0.1) is 22.0 Å². The van der Waals surface area contributed by atoms with E-state index in [-0.39, 0.29) is 23.5 Å². The first-order chi connectivity index (χ1) is 16.5. The van der Waals surface area contributed by atoms with Crippen molar-refractivity contribution in [1.82, 2.24) is 14.3 Å². The molecule has 0 unspecified atom stereocenters. The molecule has 1 aliphatic rings. The SMILES string of the molecule is O=C(Nc1ccc(-n2cnc3ccccc32)cc1)c1ccc(S(=O)(=O)NC[C@H]2CCCO2)cc1. The number of hydrogen-bond acceptors (Lipinski definition) is 5. The van der Waals surface area contributed by atoms with E-state index < -0.39 is 10.0 Å². The summed E-state index contributed by atoms with van der Waals surface area (Å²) < 4.78 is 35.0. The van der Waals surface area contributed by atoms with E-state index in [4.69, 9.17) is 4.74 Å². The maximum atomic E-state index is 12.7. The maximum absolute atomic E-state index is 12.7. The predicted molar refractivity (Wildman–Crippen MR) is 130 cm³/mol. The smallest absolute Gasteiger partial charge is 0.255 e. The largest absolute Gasteiger partial charge is 0.377 e. The number of rotatable bonds is 7. The highest BCUT2D eigenvalue weighted by atomic mass is 32.2. The van der Waals surface area contributed by atoms with Crippen LogP contribution >= 0.6 is 0 Å². The lowest BCUT2D eigenvalue weighted by atomic mass is 10.2. The number of imidazole rings is 1. The second-order valence-electron chi connectivity index (χ2n) is 8.12. The van der Waals surface area contributed by atoms with Crippen molar-refractivity contribution in [3.8, 4) is 5.69 Å². The standard InChI is InChI=1S/C25H24N4O4S/c30-25(18-7-13-22(14-8-18)34(31,32)27-16-21-4-3-15-33-21)28-19-9-11-20(12-10-19)29-17-26-23-5-1-2-6-24(23)29/h1-2,5-14,17,21,27H,3-4,15-16H2,(H,28,30)/t21-/m1/s1. The zero-order valence-electron chi connectivity index (χ0n) is 18.3. The molecule has 1 saturated heterocycles. The van der Waals surface area contributed by atoms with Crippen LogP contribution in [0.1, 0.15) is 23.2 Å². The van der Waals surface area contributed by atoms with Crippen molar-refractivity contribution in [2.24, 2.45) is 0 Å². The summed E-state index contributed by atoms with van der Waals surface area (Å²) in [7, 11) is -3.66. The van der Waals surface area contributed by atoms with E-state index in [9.17, 15) is 13.2 Å². The van der Waals surface area contributed by atoms with Crippen LogP contribution in [-0.2, 0) is 14.8 Å². The van der Waals surface area contributed by atoms with Crippen LogP contribution in [0, 0.1) is 0 Å². The second kappa shape index (κ2) is 9.38. The predicted octanol–water partition coefficient (Wildman–Crippen LogP) is 3.74. The number of nitrogens with zero attached hydrogens (tertiary/aromatic N) is 2. The summed E-state index contributed by atoms with van der Waals surface area (Å²) in [5, 5.41) is 2.84. The number of ether oxygens (including phenoxy) is 1. The average Bonchev–Trinajstić information content (AvgIpc) is 3.54. The molecule has 0 bridgehead atoms. The van der Waals surface area contributed by atoms with Crippen LogP contribution in [0.4, 0.5) is 5.69 Å². The van der Waals surface area contributed by atoms with Gasteiger partial charge in [0.25, 0.3) is 5.91 Å². The van der Waals surface area contributed by atoms with Crippen molar-refractivity contribution in [1.29, 1.82) is 0 Å². The summed E-state index contributed by atoms with van der Waals surface area (Å²) >= 11 is 0. The lowest BCUT2D eigenvalue weighted by Crippen LogP contribution is -2.31. The molecule has 2 N–H and O–H groups in total. The van der Waals surface area contributed by atoms with Gasteiger partial charge in [-0.15, -0.1) is 0 Å². The van der Waals surface area contributed by atoms with E-state index in [0.29, 0.717) is 17.9 Å². The fourth-order valence-corrected chi connectivity index (χ4v) is 5.02. The van der Waals surface area contributed by atoms with Crippen LogP contribution in [0.5, 0.6) is 0 Å². The second-order valence-corrected chi connectivity index (χ2v) is 9.88. The Balaban J connectivity index is 1.23. The molecular weight excluding hydrogens is 452 g/mol. The lowest BCUT2D eigenvalue weighted by molar-refractivity contribution is 0.102. The minimum absolute atomic E-state index is 0.0845. The summed E-state index contributed by atoms with van der Waals surface area (Å²) in [4.78, 5) is 17.2. The van der Waals surface area contributed by atoms with Crippen LogP contribution < -0.4 is 10.0 Å². The van der Waals surface area contributed by atoms with Crippen LogP contribution in [0.3, 0.4) is 0 Å². The molecule has 3 aromatic carbocycles. The Morgan fingerprint density at radius 3 is 2.53 bits per heavy atom. The van der Waals surface area contributed by atoms with Crippen molar-refractivity contribution in [3.63, 3.8) is 0 Å². The molecule has 5 rings (SSSR count). The topological polar surface area (TPSA) is 102 Å². The number of para-hydroxylation sites is 2. The zero-order valence-corrected chi connectivity index (χ0v) is 19.2. The Labute approximate surface area is 197 Å². The van der Waals surface area contributed by atoms with E-state index in [1.54, 1.807) is 6.33 Å². The van der Waals surface area contributed by atoms with Gasteiger partial charge in [0.15, 0.2) is 0 Å². The molecule has 1 aliphatic heterocycles. The minimum Gasteiger partial charge on any atom is -0.377 e. The Hall–Kier alpha value is -3.53. The van der Waals surface area contributed by atoms with Crippen molar-refractivity contribution in [2.45, 2.75) is 23.8 Å². The quantitative estimate of drug-likeness (QED) is 0.423. The number of sulfonamides is 1. The van der Waals surface area contributed by atoms with Gasteiger partial charge in [-0.1, -0.05) is 12.1 Å². The third kappa shape index (κ3) is 4.72. The highest BCUT2D eigenvalue weighted by Gasteiger charge is 2.20. The molecule has 174 valence electrons. The van der Waals surface area contributed by atoms with Crippen molar-refractivity contribution >= 4 is 32.7 Å². The summed E-state index contributed by atoms with van der Waals surface area (Å²) in [6.45, 7) is 0.912. The van der Waals surface area contributed by atoms with Crippen LogP contribution in [0.25, 0.3) is 16.7 Å². The molecule has 0 spiro atoms. The molecule has 34 heavy (non-hydrogen) atoms. The van der Waals surface area contributed by atoms with Gasteiger partial charge in [-0.25, -0.2) is 18.1 Å². The van der Waals surface area contributed by atoms with Crippen LogP contribution in [-0.4, -0.2) is 43.1 Å². The molecular formula is C25H24N4O4S. The fourth-order valence-electron chi connectivity index (χ4n) is 3.95. The minimum atomic E-state index is -3.66. The number of anilines is 1. The molecule has 4 aromatic rings. The lowest BCUT2D eigenvalue weighted by Gasteiger charge is -2.12. The molecule has 1 atom stereocenters. The van der Waals surface area contributed by atoms with E-state index in [1.807, 2.05) is 53.1 Å². The first kappa shape index (κ1) is 22.3. The van der Waals surface area contributed by atoms with Gasteiger partial charge in [0.1, 0.15) is 6.33 Å². The molecule has 1 fully saturated rings. The molecule has 0 aliphatic carbocycles. The maximum Gasteiger partial charge on any atom is 0.255 e.